The van der Waals surface area contributed by atoms with Crippen molar-refractivity contribution >= 4 is 21.6 Å². The van der Waals surface area contributed by atoms with Crippen LogP contribution in [0.4, 0.5) is 0 Å². The van der Waals surface area contributed by atoms with Crippen LogP contribution < -0.4 is 0 Å². The van der Waals surface area contributed by atoms with E-state index < -0.39 is 0 Å². The molecule has 1 heterocycles. The predicted octanol–water partition coefficient (Wildman–Crippen LogP) is 3.23. The quantitative estimate of drug-likeness (QED) is 0.750. The van der Waals surface area contributed by atoms with Gasteiger partial charge in [0.25, 0.3) is 0 Å². The van der Waals surface area contributed by atoms with Gasteiger partial charge in [-0.05, 0) is 24.5 Å². The van der Waals surface area contributed by atoms with Gasteiger partial charge >= 0.3 is 0 Å². The first kappa shape index (κ1) is 8.95. The van der Waals surface area contributed by atoms with Gasteiger partial charge in [-0.3, -0.25) is 4.99 Å². The van der Waals surface area contributed by atoms with Crippen molar-refractivity contribution in [1.29, 1.82) is 0 Å². The van der Waals surface area contributed by atoms with E-state index in [9.17, 15) is 0 Å². The lowest BCUT2D eigenvalue weighted by Gasteiger charge is -2.03. The van der Waals surface area contributed by atoms with Crippen LogP contribution in [-0.2, 0) is 6.42 Å². The molecule has 2 heteroatoms. The molecule has 0 fully saturated rings. The van der Waals surface area contributed by atoms with E-state index in [4.69, 9.17) is 0 Å². The maximum atomic E-state index is 4.47. The van der Waals surface area contributed by atoms with Crippen molar-refractivity contribution in [1.82, 2.24) is 0 Å². The van der Waals surface area contributed by atoms with Crippen LogP contribution in [0.1, 0.15) is 18.4 Å². The smallest absolute Gasteiger partial charge is 0.0392 e. The van der Waals surface area contributed by atoms with Crippen molar-refractivity contribution in [2.24, 2.45) is 4.99 Å². The van der Waals surface area contributed by atoms with Gasteiger partial charge in [0.15, 0.2) is 0 Å². The minimum atomic E-state index is 1.02. The maximum Gasteiger partial charge on any atom is 0.0392 e. The molecule has 0 saturated heterocycles. The first-order valence-electron chi connectivity index (χ1n) is 4.62. The van der Waals surface area contributed by atoms with E-state index in [2.05, 4.69) is 39.1 Å². The third-order valence-electron chi connectivity index (χ3n) is 2.31. The summed E-state index contributed by atoms with van der Waals surface area (Å²) in [4.78, 5) is 4.47. The second-order valence-corrected chi connectivity index (χ2v) is 4.17. The van der Waals surface area contributed by atoms with Gasteiger partial charge in [0.05, 0.1) is 0 Å². The van der Waals surface area contributed by atoms with E-state index in [1.807, 2.05) is 6.07 Å². The topological polar surface area (TPSA) is 12.4 Å². The molecule has 0 bridgehead atoms. The highest BCUT2D eigenvalue weighted by Crippen LogP contribution is 2.18. The number of rotatable bonds is 2. The van der Waals surface area contributed by atoms with Gasteiger partial charge in [-0.2, -0.15) is 0 Å². The van der Waals surface area contributed by atoms with Crippen LogP contribution in [0, 0.1) is 0 Å². The highest BCUT2D eigenvalue weighted by Gasteiger charge is 2.08. The zero-order valence-electron chi connectivity index (χ0n) is 7.46. The summed E-state index contributed by atoms with van der Waals surface area (Å²) >= 11 is 3.55. The third-order valence-corrected chi connectivity index (χ3v) is 3.08. The van der Waals surface area contributed by atoms with Crippen molar-refractivity contribution in [2.45, 2.75) is 19.3 Å². The van der Waals surface area contributed by atoms with Crippen molar-refractivity contribution in [3.63, 3.8) is 0 Å². The molecule has 1 aromatic carbocycles. The Morgan fingerprint density at radius 3 is 2.85 bits per heavy atom. The summed E-state index contributed by atoms with van der Waals surface area (Å²) in [5, 5.41) is 0. The number of hydrogen-bond acceptors (Lipinski definition) is 1. The molecule has 2 rings (SSSR count). The highest BCUT2D eigenvalue weighted by molar-refractivity contribution is 9.10. The standard InChI is InChI=1S/C11H12BrN/c12-11-6-2-1-4-9(11)8-10-5-3-7-13-10/h1-2,4,6H,3,5,7-8H2. The fourth-order valence-corrected chi connectivity index (χ4v) is 2.03. The van der Waals surface area contributed by atoms with Gasteiger partial charge in [0, 0.05) is 23.1 Å². The number of aliphatic imine (C=N–C) groups is 1. The summed E-state index contributed by atoms with van der Waals surface area (Å²) in [6, 6.07) is 8.37. The normalized spacial score (nSPS) is 15.9. The van der Waals surface area contributed by atoms with Crippen LogP contribution in [0.25, 0.3) is 0 Å². The lowest BCUT2D eigenvalue weighted by atomic mass is 10.1. The maximum absolute atomic E-state index is 4.47. The molecule has 0 N–H and O–H groups in total. The molecule has 0 aliphatic carbocycles. The number of benzene rings is 1. The average molecular weight is 238 g/mol. The molecular weight excluding hydrogens is 226 g/mol. The van der Waals surface area contributed by atoms with E-state index in [0.29, 0.717) is 0 Å². The number of halogens is 1. The Morgan fingerprint density at radius 1 is 1.31 bits per heavy atom. The van der Waals surface area contributed by atoms with E-state index in [1.165, 1.54) is 28.6 Å². The number of nitrogens with zero attached hydrogens (tertiary/aromatic N) is 1. The monoisotopic (exact) mass is 237 g/mol. The summed E-state index contributed by atoms with van der Waals surface area (Å²) in [5.41, 5.74) is 2.70. The van der Waals surface area contributed by atoms with Crippen LogP contribution >= 0.6 is 15.9 Å². The van der Waals surface area contributed by atoms with Gasteiger partial charge in [0.1, 0.15) is 0 Å². The van der Waals surface area contributed by atoms with Crippen molar-refractivity contribution in [2.75, 3.05) is 6.54 Å². The lowest BCUT2D eigenvalue weighted by molar-refractivity contribution is 0.949. The van der Waals surface area contributed by atoms with Crippen molar-refractivity contribution in [3.8, 4) is 0 Å². The average Bonchev–Trinajstić information content (AvgIpc) is 2.61. The molecule has 0 unspecified atom stereocenters. The molecule has 1 aliphatic heterocycles. The lowest BCUT2D eigenvalue weighted by Crippen LogP contribution is -1.99. The van der Waals surface area contributed by atoms with Crippen molar-refractivity contribution in [3.05, 3.63) is 34.3 Å². The van der Waals surface area contributed by atoms with E-state index >= 15 is 0 Å². The second kappa shape index (κ2) is 4.05. The highest BCUT2D eigenvalue weighted by atomic mass is 79.9. The first-order chi connectivity index (χ1) is 6.36. The Bertz CT molecular complexity index is 331. The molecule has 0 radical (unpaired) electrons. The Hall–Kier alpha value is -0.630. The molecule has 0 saturated carbocycles. The van der Waals surface area contributed by atoms with Crippen LogP contribution in [0.5, 0.6) is 0 Å². The summed E-state index contributed by atoms with van der Waals surface area (Å²) in [7, 11) is 0. The fraction of sp³-hybridized carbons (Fsp3) is 0.364. The second-order valence-electron chi connectivity index (χ2n) is 3.32. The Morgan fingerprint density at radius 2 is 2.15 bits per heavy atom. The largest absolute Gasteiger partial charge is 0.294 e. The van der Waals surface area contributed by atoms with E-state index in [0.717, 1.165) is 13.0 Å². The molecule has 0 spiro atoms. The molecule has 13 heavy (non-hydrogen) atoms. The van der Waals surface area contributed by atoms with Crippen LogP contribution in [-0.4, -0.2) is 12.3 Å². The molecule has 68 valence electrons. The van der Waals surface area contributed by atoms with E-state index in [1.54, 1.807) is 0 Å². The minimum absolute atomic E-state index is 1.02. The van der Waals surface area contributed by atoms with Crippen LogP contribution in [0.15, 0.2) is 33.7 Å². The van der Waals surface area contributed by atoms with Gasteiger partial charge in [-0.25, -0.2) is 0 Å². The SMILES string of the molecule is Brc1ccccc1CC1=NCCC1. The number of hydrogen-bond donors (Lipinski definition) is 0. The van der Waals surface area contributed by atoms with Crippen LogP contribution in [0.2, 0.25) is 0 Å². The molecule has 0 amide bonds. The van der Waals surface area contributed by atoms with Crippen molar-refractivity contribution < 1.29 is 0 Å². The zero-order chi connectivity index (χ0) is 9.10. The van der Waals surface area contributed by atoms with Crippen LogP contribution in [0.3, 0.4) is 0 Å². The first-order valence-corrected chi connectivity index (χ1v) is 5.41. The molecule has 1 aliphatic rings. The zero-order valence-corrected chi connectivity index (χ0v) is 9.05. The summed E-state index contributed by atoms with van der Waals surface area (Å²) in [6.07, 6.45) is 3.43. The molecule has 1 aromatic rings. The van der Waals surface area contributed by atoms with Gasteiger partial charge in [-0.1, -0.05) is 34.1 Å². The van der Waals surface area contributed by atoms with Gasteiger partial charge in [0.2, 0.25) is 0 Å². The fourth-order valence-electron chi connectivity index (χ4n) is 1.61. The molecule has 1 nitrogen and oxygen atoms in total. The Balaban J connectivity index is 2.13. The molecular formula is C11H12BrN. The summed E-state index contributed by atoms with van der Waals surface area (Å²) in [6.45, 7) is 1.03. The summed E-state index contributed by atoms with van der Waals surface area (Å²) in [5.74, 6) is 0. The Labute approximate surface area is 87.0 Å². The third kappa shape index (κ3) is 2.19. The van der Waals surface area contributed by atoms with E-state index in [-0.39, 0.29) is 0 Å². The van der Waals surface area contributed by atoms with Gasteiger partial charge in [-0.15, -0.1) is 0 Å². The molecule has 0 aromatic heterocycles. The van der Waals surface area contributed by atoms with Gasteiger partial charge < -0.3 is 0 Å². The Kier molecular flexibility index (Phi) is 2.79. The predicted molar refractivity (Wildman–Crippen MR) is 59.4 cm³/mol. The summed E-state index contributed by atoms with van der Waals surface area (Å²) < 4.78 is 1.20. The molecule has 0 atom stereocenters. The minimum Gasteiger partial charge on any atom is -0.294 e.